The van der Waals surface area contributed by atoms with E-state index in [1.807, 2.05) is 58.0 Å². The number of halogens is 2. The number of thioether (sulfide) groups is 1. The number of hydrogen-bond donors (Lipinski definition) is 1. The number of rotatable bonds is 4. The van der Waals surface area contributed by atoms with Gasteiger partial charge in [0.25, 0.3) is 5.91 Å². The van der Waals surface area contributed by atoms with Crippen molar-refractivity contribution in [2.75, 3.05) is 26.2 Å². The summed E-state index contributed by atoms with van der Waals surface area (Å²) in [6, 6.07) is 13.9. The van der Waals surface area contributed by atoms with Crippen LogP contribution in [-0.2, 0) is 5.75 Å². The maximum Gasteiger partial charge on any atom is 0.253 e. The third kappa shape index (κ3) is 5.41. The molecule has 1 N–H and O–H groups in total. The van der Waals surface area contributed by atoms with Crippen LogP contribution in [0, 0.1) is 0 Å². The van der Waals surface area contributed by atoms with E-state index in [2.05, 4.69) is 16.5 Å². The quantitative estimate of drug-likeness (QED) is 0.627. The standard InChI is InChI=1S/C20H22N4OS.2ClH/c25-20(23-12-3-9-21-10-13-23)16-5-7-18(8-6-16)26-15-17-14-24-11-2-1-4-19(24)22-17;;/h1-2,4-8,11,14,21H,3,9-10,12-13,15H2;2*1H. The highest BCUT2D eigenvalue weighted by atomic mass is 35.5. The van der Waals surface area contributed by atoms with Gasteiger partial charge in [-0.2, -0.15) is 0 Å². The van der Waals surface area contributed by atoms with Crippen LogP contribution in [0.1, 0.15) is 22.5 Å². The van der Waals surface area contributed by atoms with E-state index in [1.165, 1.54) is 0 Å². The van der Waals surface area contributed by atoms with Crippen molar-refractivity contribution in [1.29, 1.82) is 0 Å². The first-order valence-electron chi connectivity index (χ1n) is 8.95. The molecule has 3 aromatic rings. The predicted molar refractivity (Wildman–Crippen MR) is 119 cm³/mol. The highest BCUT2D eigenvalue weighted by Crippen LogP contribution is 2.23. The van der Waals surface area contributed by atoms with Crippen molar-refractivity contribution >= 4 is 48.1 Å². The van der Waals surface area contributed by atoms with Gasteiger partial charge in [-0.05, 0) is 49.4 Å². The van der Waals surface area contributed by atoms with E-state index in [1.54, 1.807) is 11.8 Å². The number of hydrogen-bond acceptors (Lipinski definition) is 4. The zero-order valence-electron chi connectivity index (χ0n) is 15.4. The number of nitrogens with zero attached hydrogens (tertiary/aromatic N) is 3. The molecule has 0 aliphatic carbocycles. The molecule has 150 valence electrons. The summed E-state index contributed by atoms with van der Waals surface area (Å²) in [5, 5.41) is 3.33. The first-order chi connectivity index (χ1) is 12.8. The lowest BCUT2D eigenvalue weighted by Crippen LogP contribution is -2.34. The molecule has 1 amide bonds. The van der Waals surface area contributed by atoms with Gasteiger partial charge in [0.1, 0.15) is 5.65 Å². The Labute approximate surface area is 181 Å². The average Bonchev–Trinajstić information content (AvgIpc) is 2.90. The molecule has 0 saturated carbocycles. The van der Waals surface area contributed by atoms with Gasteiger partial charge in [0.15, 0.2) is 0 Å². The number of carbonyl (C=O) groups excluding carboxylic acids is 1. The van der Waals surface area contributed by atoms with Crippen molar-refractivity contribution in [1.82, 2.24) is 19.6 Å². The SMILES string of the molecule is Cl.Cl.O=C(c1ccc(SCc2cn3ccccc3n2)cc1)N1CCCNCC1. The highest BCUT2D eigenvalue weighted by Gasteiger charge is 2.16. The number of carbonyl (C=O) groups is 1. The van der Waals surface area contributed by atoms with Gasteiger partial charge >= 0.3 is 0 Å². The van der Waals surface area contributed by atoms with Crippen LogP contribution >= 0.6 is 36.6 Å². The molecule has 4 rings (SSSR count). The normalized spacial score (nSPS) is 14.1. The fourth-order valence-corrected chi connectivity index (χ4v) is 3.92. The molecule has 0 spiro atoms. The number of pyridine rings is 1. The monoisotopic (exact) mass is 438 g/mol. The zero-order chi connectivity index (χ0) is 17.8. The van der Waals surface area contributed by atoms with Gasteiger partial charge in [0.05, 0.1) is 5.69 Å². The summed E-state index contributed by atoms with van der Waals surface area (Å²) in [4.78, 5) is 20.3. The molecule has 0 bridgehead atoms. The van der Waals surface area contributed by atoms with Crippen molar-refractivity contribution in [3.05, 3.63) is 66.1 Å². The molecule has 3 heterocycles. The Kier molecular flexibility index (Phi) is 8.63. The minimum absolute atomic E-state index is 0. The van der Waals surface area contributed by atoms with E-state index >= 15 is 0 Å². The summed E-state index contributed by atoms with van der Waals surface area (Å²) in [5.74, 6) is 0.942. The minimum Gasteiger partial charge on any atom is -0.337 e. The number of imidazole rings is 1. The molecule has 1 aliphatic heterocycles. The predicted octanol–water partition coefficient (Wildman–Crippen LogP) is 3.91. The van der Waals surface area contributed by atoms with Crippen LogP contribution in [0.3, 0.4) is 0 Å². The van der Waals surface area contributed by atoms with Gasteiger partial charge in [-0.25, -0.2) is 4.98 Å². The lowest BCUT2D eigenvalue weighted by Gasteiger charge is -2.20. The van der Waals surface area contributed by atoms with Crippen LogP contribution in [0.25, 0.3) is 5.65 Å². The number of aromatic nitrogens is 2. The van der Waals surface area contributed by atoms with Crippen molar-refractivity contribution < 1.29 is 4.79 Å². The summed E-state index contributed by atoms with van der Waals surface area (Å²) < 4.78 is 2.04. The average molecular weight is 439 g/mol. The third-order valence-electron chi connectivity index (χ3n) is 4.53. The Morgan fingerprint density at radius 1 is 1.07 bits per heavy atom. The first kappa shape index (κ1) is 22.6. The Balaban J connectivity index is 0.00000140. The van der Waals surface area contributed by atoms with E-state index in [4.69, 9.17) is 0 Å². The number of fused-ring (bicyclic) bond motifs is 1. The molecule has 1 aliphatic rings. The van der Waals surface area contributed by atoms with Gasteiger partial charge in [-0.15, -0.1) is 36.6 Å². The van der Waals surface area contributed by atoms with Crippen molar-refractivity contribution in [2.24, 2.45) is 0 Å². The molecule has 1 fully saturated rings. The Morgan fingerprint density at radius 2 is 1.89 bits per heavy atom. The largest absolute Gasteiger partial charge is 0.337 e. The van der Waals surface area contributed by atoms with E-state index in [0.29, 0.717) is 0 Å². The third-order valence-corrected chi connectivity index (χ3v) is 5.57. The van der Waals surface area contributed by atoms with Gasteiger partial charge in [-0.1, -0.05) is 6.07 Å². The smallest absolute Gasteiger partial charge is 0.253 e. The molecule has 1 aromatic carbocycles. The highest BCUT2D eigenvalue weighted by molar-refractivity contribution is 7.98. The van der Waals surface area contributed by atoms with Crippen LogP contribution in [0.5, 0.6) is 0 Å². The van der Waals surface area contributed by atoms with E-state index in [0.717, 1.165) is 60.2 Å². The van der Waals surface area contributed by atoms with Crippen molar-refractivity contribution in [2.45, 2.75) is 17.1 Å². The maximum absolute atomic E-state index is 12.6. The molecule has 8 heteroatoms. The van der Waals surface area contributed by atoms with Crippen LogP contribution in [0.15, 0.2) is 59.8 Å². The summed E-state index contributed by atoms with van der Waals surface area (Å²) in [6.07, 6.45) is 5.08. The Morgan fingerprint density at radius 3 is 2.68 bits per heavy atom. The van der Waals surface area contributed by atoms with Crippen molar-refractivity contribution in [3.63, 3.8) is 0 Å². The van der Waals surface area contributed by atoms with E-state index in [-0.39, 0.29) is 30.7 Å². The molecule has 2 aromatic heterocycles. The topological polar surface area (TPSA) is 49.6 Å². The molecular formula is C20H24Cl2N4OS. The molecule has 0 radical (unpaired) electrons. The van der Waals surface area contributed by atoms with Crippen LogP contribution in [-0.4, -0.2) is 46.4 Å². The number of amides is 1. The maximum atomic E-state index is 12.6. The zero-order valence-corrected chi connectivity index (χ0v) is 17.9. The number of benzene rings is 1. The summed E-state index contributed by atoms with van der Waals surface area (Å²) >= 11 is 1.74. The molecular weight excluding hydrogens is 415 g/mol. The number of nitrogens with one attached hydrogen (secondary N) is 1. The van der Waals surface area contributed by atoms with Gasteiger partial charge in [-0.3, -0.25) is 4.79 Å². The Hall–Kier alpha value is -1.73. The second-order valence-corrected chi connectivity index (χ2v) is 7.46. The van der Waals surface area contributed by atoms with Gasteiger partial charge < -0.3 is 14.6 Å². The fourth-order valence-electron chi connectivity index (χ4n) is 3.14. The molecule has 0 unspecified atom stereocenters. The fraction of sp³-hybridized carbons (Fsp3) is 0.300. The van der Waals surface area contributed by atoms with Gasteiger partial charge in [0.2, 0.25) is 0 Å². The molecule has 28 heavy (non-hydrogen) atoms. The van der Waals surface area contributed by atoms with Gasteiger partial charge in [0, 0.05) is 48.2 Å². The lowest BCUT2D eigenvalue weighted by atomic mass is 10.2. The summed E-state index contributed by atoms with van der Waals surface area (Å²) in [5.41, 5.74) is 2.79. The molecule has 5 nitrogen and oxygen atoms in total. The second-order valence-electron chi connectivity index (χ2n) is 6.41. The second kappa shape index (κ2) is 10.7. The first-order valence-corrected chi connectivity index (χ1v) is 9.94. The van der Waals surface area contributed by atoms with Crippen LogP contribution < -0.4 is 5.32 Å². The Bertz CT molecular complexity index is 860. The minimum atomic E-state index is 0. The lowest BCUT2D eigenvalue weighted by molar-refractivity contribution is 0.0766. The van der Waals surface area contributed by atoms with Crippen molar-refractivity contribution in [3.8, 4) is 0 Å². The van der Waals surface area contributed by atoms with Crippen LogP contribution in [0.2, 0.25) is 0 Å². The summed E-state index contributed by atoms with van der Waals surface area (Å²) in [6.45, 7) is 3.47. The van der Waals surface area contributed by atoms with Crippen LogP contribution in [0.4, 0.5) is 0 Å². The van der Waals surface area contributed by atoms with E-state index < -0.39 is 0 Å². The molecule has 0 atom stereocenters. The molecule has 1 saturated heterocycles. The summed E-state index contributed by atoms with van der Waals surface area (Å²) in [7, 11) is 0. The van der Waals surface area contributed by atoms with E-state index in [9.17, 15) is 4.79 Å².